The number of carbonyl (C=O) groups is 2. The van der Waals surface area contributed by atoms with Crippen LogP contribution in [0.15, 0.2) is 36.4 Å². The van der Waals surface area contributed by atoms with Crippen molar-refractivity contribution in [3.63, 3.8) is 0 Å². The van der Waals surface area contributed by atoms with Crippen LogP contribution in [-0.2, 0) is 20.7 Å². The van der Waals surface area contributed by atoms with Gasteiger partial charge in [-0.25, -0.2) is 4.39 Å². The lowest BCUT2D eigenvalue weighted by atomic mass is 10.1. The van der Waals surface area contributed by atoms with E-state index >= 15 is 0 Å². The van der Waals surface area contributed by atoms with Gasteiger partial charge in [-0.15, -0.1) is 0 Å². The van der Waals surface area contributed by atoms with Crippen molar-refractivity contribution in [1.29, 1.82) is 0 Å². The van der Waals surface area contributed by atoms with Gasteiger partial charge in [0.15, 0.2) is 17.6 Å². The fourth-order valence-corrected chi connectivity index (χ4v) is 2.64. The summed E-state index contributed by atoms with van der Waals surface area (Å²) >= 11 is 5.67. The summed E-state index contributed by atoms with van der Waals surface area (Å²) in [4.78, 5) is 24.2. The van der Waals surface area contributed by atoms with Gasteiger partial charge in [-0.3, -0.25) is 9.59 Å². The van der Waals surface area contributed by atoms with Crippen LogP contribution >= 0.6 is 11.6 Å². The standard InChI is InChI=1S/C19H17ClFNO5/c1-11(19(24)22-15-4-3-13(20)10-14(15)21)27-18(23)9-12-2-5-16-17(8-12)26-7-6-25-16/h2-5,8,10-11H,6-7,9H2,1H3,(H,22,24)/t11-/m1/s1. The summed E-state index contributed by atoms with van der Waals surface area (Å²) in [5.74, 6) is -0.727. The minimum Gasteiger partial charge on any atom is -0.486 e. The molecule has 1 aliphatic rings. The third-order valence-electron chi connectivity index (χ3n) is 3.82. The molecule has 8 heteroatoms. The molecule has 6 nitrogen and oxygen atoms in total. The number of fused-ring (bicyclic) bond motifs is 1. The fraction of sp³-hybridized carbons (Fsp3) is 0.263. The Morgan fingerprint density at radius 3 is 2.67 bits per heavy atom. The van der Waals surface area contributed by atoms with Crippen molar-refractivity contribution in [1.82, 2.24) is 0 Å². The zero-order valence-electron chi connectivity index (χ0n) is 14.5. The SMILES string of the molecule is C[C@@H](OC(=O)Cc1ccc2c(c1)OCCO2)C(=O)Nc1ccc(Cl)cc1F. The second-order valence-corrected chi connectivity index (χ2v) is 6.34. The van der Waals surface area contributed by atoms with E-state index in [4.69, 9.17) is 25.8 Å². The molecule has 27 heavy (non-hydrogen) atoms. The van der Waals surface area contributed by atoms with Crippen molar-refractivity contribution >= 4 is 29.2 Å². The van der Waals surface area contributed by atoms with Gasteiger partial charge < -0.3 is 19.5 Å². The Balaban J connectivity index is 1.56. The van der Waals surface area contributed by atoms with Gasteiger partial charge in [-0.05, 0) is 42.8 Å². The first-order valence-electron chi connectivity index (χ1n) is 8.26. The second-order valence-electron chi connectivity index (χ2n) is 5.90. The van der Waals surface area contributed by atoms with Crippen LogP contribution in [0.1, 0.15) is 12.5 Å². The monoisotopic (exact) mass is 393 g/mol. The van der Waals surface area contributed by atoms with E-state index in [0.29, 0.717) is 30.3 Å². The molecule has 3 rings (SSSR count). The summed E-state index contributed by atoms with van der Waals surface area (Å²) in [6, 6.07) is 9.00. The number of hydrogen-bond acceptors (Lipinski definition) is 5. The Kier molecular flexibility index (Phi) is 5.81. The number of rotatable bonds is 5. The third-order valence-corrected chi connectivity index (χ3v) is 4.06. The maximum absolute atomic E-state index is 13.7. The second kappa shape index (κ2) is 8.26. The first-order chi connectivity index (χ1) is 12.9. The number of amides is 1. The largest absolute Gasteiger partial charge is 0.486 e. The van der Waals surface area contributed by atoms with Crippen molar-refractivity contribution in [2.45, 2.75) is 19.4 Å². The van der Waals surface area contributed by atoms with Crippen molar-refractivity contribution in [3.05, 3.63) is 52.8 Å². The summed E-state index contributed by atoms with van der Waals surface area (Å²) in [5.41, 5.74) is 0.625. The predicted octanol–water partition coefficient (Wildman–Crippen LogP) is 3.36. The summed E-state index contributed by atoms with van der Waals surface area (Å²) in [6.45, 7) is 2.33. The van der Waals surface area contributed by atoms with Gasteiger partial charge in [-0.2, -0.15) is 0 Å². The predicted molar refractivity (Wildman–Crippen MR) is 96.7 cm³/mol. The van der Waals surface area contributed by atoms with E-state index in [0.717, 1.165) is 6.07 Å². The van der Waals surface area contributed by atoms with Gasteiger partial charge >= 0.3 is 5.97 Å². The van der Waals surface area contributed by atoms with Gasteiger partial charge in [0.05, 0.1) is 12.1 Å². The molecule has 1 atom stereocenters. The quantitative estimate of drug-likeness (QED) is 0.788. The van der Waals surface area contributed by atoms with E-state index in [1.807, 2.05) is 0 Å². The molecule has 0 spiro atoms. The number of esters is 1. The molecule has 0 radical (unpaired) electrons. The van der Waals surface area contributed by atoms with Crippen LogP contribution in [0.3, 0.4) is 0 Å². The number of anilines is 1. The van der Waals surface area contributed by atoms with E-state index in [1.165, 1.54) is 19.1 Å². The molecule has 0 aliphatic carbocycles. The van der Waals surface area contributed by atoms with Gasteiger partial charge in [0.2, 0.25) is 0 Å². The minimum absolute atomic E-state index is 0.0381. The topological polar surface area (TPSA) is 73.9 Å². The van der Waals surface area contributed by atoms with Crippen molar-refractivity contribution in [2.75, 3.05) is 18.5 Å². The lowest BCUT2D eigenvalue weighted by Crippen LogP contribution is -2.30. The lowest BCUT2D eigenvalue weighted by molar-refractivity contribution is -0.152. The highest BCUT2D eigenvalue weighted by molar-refractivity contribution is 6.30. The Labute approximate surface area is 160 Å². The van der Waals surface area contributed by atoms with Crippen molar-refractivity contribution in [2.24, 2.45) is 0 Å². The minimum atomic E-state index is -1.09. The van der Waals surface area contributed by atoms with Gasteiger partial charge in [0.1, 0.15) is 19.0 Å². The molecule has 1 aliphatic heterocycles. The first-order valence-corrected chi connectivity index (χ1v) is 8.64. The Hall–Kier alpha value is -2.80. The summed E-state index contributed by atoms with van der Waals surface area (Å²) in [6.07, 6.45) is -1.13. The summed E-state index contributed by atoms with van der Waals surface area (Å²) in [5, 5.41) is 2.57. The molecule has 2 aromatic rings. The van der Waals surface area contributed by atoms with Gasteiger partial charge in [0.25, 0.3) is 5.91 Å². The lowest BCUT2D eigenvalue weighted by Gasteiger charge is -2.19. The smallest absolute Gasteiger partial charge is 0.311 e. The zero-order valence-corrected chi connectivity index (χ0v) is 15.2. The molecule has 0 aromatic heterocycles. The van der Waals surface area contributed by atoms with E-state index in [2.05, 4.69) is 5.32 Å². The highest BCUT2D eigenvalue weighted by Crippen LogP contribution is 2.31. The summed E-state index contributed by atoms with van der Waals surface area (Å²) < 4.78 is 29.7. The first kappa shape index (κ1) is 19.0. The average molecular weight is 394 g/mol. The Bertz CT molecular complexity index is 873. The number of hydrogen-bond donors (Lipinski definition) is 1. The molecule has 1 amide bonds. The maximum Gasteiger partial charge on any atom is 0.311 e. The van der Waals surface area contributed by atoms with Crippen LogP contribution in [0.2, 0.25) is 5.02 Å². The van der Waals surface area contributed by atoms with Crippen LogP contribution in [0.5, 0.6) is 11.5 Å². The van der Waals surface area contributed by atoms with Crippen LogP contribution in [-0.4, -0.2) is 31.2 Å². The number of halogens is 2. The average Bonchev–Trinajstić information content (AvgIpc) is 2.63. The van der Waals surface area contributed by atoms with Crippen LogP contribution in [0.4, 0.5) is 10.1 Å². The van der Waals surface area contributed by atoms with Gasteiger partial charge in [-0.1, -0.05) is 17.7 Å². The highest BCUT2D eigenvalue weighted by Gasteiger charge is 2.20. The molecule has 0 fully saturated rings. The number of ether oxygens (including phenoxy) is 3. The molecule has 0 bridgehead atoms. The van der Waals surface area contributed by atoms with Crippen molar-refractivity contribution in [3.8, 4) is 11.5 Å². The molecular formula is C19H17ClFNO5. The highest BCUT2D eigenvalue weighted by atomic mass is 35.5. The van der Waals surface area contributed by atoms with Crippen LogP contribution in [0.25, 0.3) is 0 Å². The van der Waals surface area contributed by atoms with Gasteiger partial charge in [0, 0.05) is 5.02 Å². The summed E-state index contributed by atoms with van der Waals surface area (Å²) in [7, 11) is 0. The van der Waals surface area contributed by atoms with E-state index in [9.17, 15) is 14.0 Å². The van der Waals surface area contributed by atoms with Crippen LogP contribution < -0.4 is 14.8 Å². The zero-order chi connectivity index (χ0) is 19.4. The normalized spacial score (nSPS) is 13.6. The molecule has 2 aromatic carbocycles. The number of carbonyl (C=O) groups excluding carboxylic acids is 2. The fourth-order valence-electron chi connectivity index (χ4n) is 2.48. The Morgan fingerprint density at radius 1 is 1.19 bits per heavy atom. The maximum atomic E-state index is 13.7. The van der Waals surface area contributed by atoms with E-state index < -0.39 is 23.8 Å². The van der Waals surface area contributed by atoms with Crippen molar-refractivity contribution < 1.29 is 28.2 Å². The number of benzene rings is 2. The van der Waals surface area contributed by atoms with E-state index in [1.54, 1.807) is 18.2 Å². The van der Waals surface area contributed by atoms with Crippen LogP contribution in [0, 0.1) is 5.82 Å². The molecule has 0 unspecified atom stereocenters. The molecule has 1 heterocycles. The molecule has 1 N–H and O–H groups in total. The molecular weight excluding hydrogens is 377 g/mol. The molecule has 0 saturated heterocycles. The van der Waals surface area contributed by atoms with E-state index in [-0.39, 0.29) is 17.1 Å². The molecule has 0 saturated carbocycles. The molecule has 142 valence electrons. The third kappa shape index (κ3) is 4.89. The number of nitrogens with one attached hydrogen (secondary N) is 1. The Morgan fingerprint density at radius 2 is 1.93 bits per heavy atom.